The van der Waals surface area contributed by atoms with Gasteiger partial charge in [0.05, 0.1) is 16.7 Å². The Kier molecular flexibility index (Phi) is 3.31. The van der Waals surface area contributed by atoms with Gasteiger partial charge in [-0.05, 0) is 6.42 Å². The molecule has 6 heteroatoms. The van der Waals surface area contributed by atoms with Crippen molar-refractivity contribution < 1.29 is 14.2 Å². The molecule has 1 spiro atoms. The first kappa shape index (κ1) is 13.7. The minimum atomic E-state index is -1.31. The molecule has 17 heavy (non-hydrogen) atoms. The van der Waals surface area contributed by atoms with E-state index in [1.165, 1.54) is 14.2 Å². The lowest BCUT2D eigenvalue weighted by Crippen LogP contribution is -2.57. The molecule has 2 atom stereocenters. The standard InChI is InChI=1S/C11H13Cl3O3/c1-4-5-10(14)9(6-17-9)7(12)8(13)11(10,15-2)16-3/h4H,1,5-6H2,2-3H3/t9-,10-/m0/s1. The number of epoxide rings is 1. The van der Waals surface area contributed by atoms with Gasteiger partial charge < -0.3 is 14.2 Å². The lowest BCUT2D eigenvalue weighted by molar-refractivity contribution is -0.198. The van der Waals surface area contributed by atoms with Crippen molar-refractivity contribution in [2.24, 2.45) is 0 Å². The van der Waals surface area contributed by atoms with Crippen molar-refractivity contribution in [1.82, 2.24) is 0 Å². The zero-order chi connectivity index (χ0) is 12.9. The molecule has 0 bridgehead atoms. The lowest BCUT2D eigenvalue weighted by atomic mass is 9.87. The van der Waals surface area contributed by atoms with Crippen molar-refractivity contribution in [3.8, 4) is 0 Å². The number of hydrogen-bond acceptors (Lipinski definition) is 3. The van der Waals surface area contributed by atoms with Crippen LogP contribution in [0.3, 0.4) is 0 Å². The molecular formula is C11H13Cl3O3. The number of rotatable bonds is 4. The first-order valence-corrected chi connectivity index (χ1v) is 6.19. The largest absolute Gasteiger partial charge is 0.361 e. The molecule has 0 aromatic rings. The number of halogens is 3. The third kappa shape index (κ3) is 1.36. The molecule has 0 saturated carbocycles. The van der Waals surface area contributed by atoms with Gasteiger partial charge in [0.1, 0.15) is 4.87 Å². The topological polar surface area (TPSA) is 31.0 Å². The van der Waals surface area contributed by atoms with Gasteiger partial charge in [0.15, 0.2) is 5.60 Å². The van der Waals surface area contributed by atoms with Crippen LogP contribution in [-0.4, -0.2) is 37.1 Å². The maximum absolute atomic E-state index is 6.68. The Labute approximate surface area is 115 Å². The van der Waals surface area contributed by atoms with Crippen LogP contribution in [0.25, 0.3) is 0 Å². The summed E-state index contributed by atoms with van der Waals surface area (Å²) in [7, 11) is 2.94. The van der Waals surface area contributed by atoms with Gasteiger partial charge in [-0.25, -0.2) is 0 Å². The van der Waals surface area contributed by atoms with Gasteiger partial charge in [-0.2, -0.15) is 0 Å². The number of methoxy groups -OCH3 is 2. The molecular weight excluding hydrogens is 286 g/mol. The van der Waals surface area contributed by atoms with Gasteiger partial charge in [0, 0.05) is 14.2 Å². The minimum Gasteiger partial charge on any atom is -0.361 e. The second-order valence-electron chi connectivity index (χ2n) is 4.06. The van der Waals surface area contributed by atoms with E-state index in [1.807, 2.05) is 0 Å². The summed E-state index contributed by atoms with van der Waals surface area (Å²) in [6.45, 7) is 4.09. The molecule has 0 radical (unpaired) electrons. The maximum atomic E-state index is 6.68. The van der Waals surface area contributed by atoms with E-state index < -0.39 is 16.3 Å². The van der Waals surface area contributed by atoms with Crippen LogP contribution in [0.2, 0.25) is 0 Å². The van der Waals surface area contributed by atoms with Crippen molar-refractivity contribution in [1.29, 1.82) is 0 Å². The first-order chi connectivity index (χ1) is 7.95. The summed E-state index contributed by atoms with van der Waals surface area (Å²) in [4.78, 5) is -1.04. The van der Waals surface area contributed by atoms with E-state index in [-0.39, 0.29) is 5.03 Å². The minimum absolute atomic E-state index is 0.235. The second-order valence-corrected chi connectivity index (χ2v) is 5.46. The fraction of sp³-hybridized carbons (Fsp3) is 0.636. The Balaban J connectivity index is 2.60. The Morgan fingerprint density at radius 2 is 1.88 bits per heavy atom. The zero-order valence-electron chi connectivity index (χ0n) is 9.56. The fourth-order valence-corrected chi connectivity index (χ4v) is 3.97. The molecule has 1 aliphatic heterocycles. The molecule has 0 aromatic carbocycles. The van der Waals surface area contributed by atoms with E-state index >= 15 is 0 Å². The van der Waals surface area contributed by atoms with E-state index in [9.17, 15) is 0 Å². The van der Waals surface area contributed by atoms with Gasteiger partial charge in [-0.15, -0.1) is 18.2 Å². The quantitative estimate of drug-likeness (QED) is 0.346. The summed E-state index contributed by atoms with van der Waals surface area (Å²) >= 11 is 19.1. The molecule has 0 unspecified atom stereocenters. The summed E-state index contributed by atoms with van der Waals surface area (Å²) in [5.41, 5.74) is -0.826. The molecule has 96 valence electrons. The predicted octanol–water partition coefficient (Wildman–Crippen LogP) is 3.00. The summed E-state index contributed by atoms with van der Waals surface area (Å²) in [5, 5.41) is 0.582. The van der Waals surface area contributed by atoms with Crippen molar-refractivity contribution in [3.05, 3.63) is 22.7 Å². The number of allylic oxidation sites excluding steroid dienone is 1. The molecule has 2 rings (SSSR count). The van der Waals surface area contributed by atoms with E-state index in [1.54, 1.807) is 6.08 Å². The normalized spacial score (nSPS) is 38.9. The predicted molar refractivity (Wildman–Crippen MR) is 67.6 cm³/mol. The van der Waals surface area contributed by atoms with E-state index in [0.29, 0.717) is 18.1 Å². The maximum Gasteiger partial charge on any atom is 0.230 e. The highest BCUT2D eigenvalue weighted by Gasteiger charge is 2.78. The van der Waals surface area contributed by atoms with Crippen LogP contribution in [0.15, 0.2) is 22.7 Å². The monoisotopic (exact) mass is 298 g/mol. The third-order valence-corrected chi connectivity index (χ3v) is 5.17. The Hall–Kier alpha value is 0.230. The molecule has 3 nitrogen and oxygen atoms in total. The molecule has 0 aromatic heterocycles. The third-order valence-electron chi connectivity index (χ3n) is 3.43. The number of alkyl halides is 1. The molecule has 2 aliphatic rings. The Bertz CT molecular complexity index is 385. The highest BCUT2D eigenvalue weighted by Crippen LogP contribution is 2.66. The molecule has 1 fully saturated rings. The number of ether oxygens (including phenoxy) is 3. The van der Waals surface area contributed by atoms with E-state index in [0.717, 1.165) is 0 Å². The van der Waals surface area contributed by atoms with E-state index in [4.69, 9.17) is 49.0 Å². The van der Waals surface area contributed by atoms with Gasteiger partial charge in [-0.1, -0.05) is 29.3 Å². The number of hydrogen-bond donors (Lipinski definition) is 0. The van der Waals surface area contributed by atoms with Gasteiger partial charge in [-0.3, -0.25) is 0 Å². The highest BCUT2D eigenvalue weighted by molar-refractivity contribution is 6.44. The molecule has 0 N–H and O–H groups in total. The van der Waals surface area contributed by atoms with E-state index in [2.05, 4.69) is 6.58 Å². The summed E-state index contributed by atoms with van der Waals surface area (Å²) in [6, 6.07) is 0. The van der Waals surface area contributed by atoms with Crippen molar-refractivity contribution in [3.63, 3.8) is 0 Å². The molecule has 1 saturated heterocycles. The molecule has 1 aliphatic carbocycles. The SMILES string of the molecule is C=CC[C@@]1(Cl)C(OC)(OC)C(Cl)=C(Cl)[C@@]12CO2. The van der Waals surface area contributed by atoms with Gasteiger partial charge in [0.2, 0.25) is 5.79 Å². The van der Waals surface area contributed by atoms with Crippen molar-refractivity contribution in [2.75, 3.05) is 20.8 Å². The summed E-state index contributed by atoms with van der Waals surface area (Å²) in [5.74, 6) is -1.31. The first-order valence-electron chi connectivity index (χ1n) is 5.06. The van der Waals surface area contributed by atoms with Crippen LogP contribution in [0.1, 0.15) is 6.42 Å². The molecule has 0 amide bonds. The summed E-state index contributed by atoms with van der Waals surface area (Å²) in [6.07, 6.45) is 2.06. The van der Waals surface area contributed by atoms with Crippen molar-refractivity contribution in [2.45, 2.75) is 22.7 Å². The average molecular weight is 300 g/mol. The zero-order valence-corrected chi connectivity index (χ0v) is 11.8. The highest BCUT2D eigenvalue weighted by atomic mass is 35.5. The van der Waals surface area contributed by atoms with Crippen LogP contribution < -0.4 is 0 Å². The fourth-order valence-electron chi connectivity index (χ4n) is 2.45. The smallest absolute Gasteiger partial charge is 0.230 e. The summed E-state index contributed by atoms with van der Waals surface area (Å²) < 4.78 is 16.3. The van der Waals surface area contributed by atoms with Gasteiger partial charge >= 0.3 is 0 Å². The van der Waals surface area contributed by atoms with Crippen LogP contribution in [0.5, 0.6) is 0 Å². The second kappa shape index (κ2) is 4.12. The van der Waals surface area contributed by atoms with Gasteiger partial charge in [0.25, 0.3) is 0 Å². The van der Waals surface area contributed by atoms with Crippen molar-refractivity contribution >= 4 is 34.8 Å². The Morgan fingerprint density at radius 3 is 2.24 bits per heavy atom. The van der Waals surface area contributed by atoms with Crippen LogP contribution >= 0.6 is 34.8 Å². The van der Waals surface area contributed by atoms with Crippen LogP contribution in [-0.2, 0) is 14.2 Å². The van der Waals surface area contributed by atoms with Crippen LogP contribution in [0.4, 0.5) is 0 Å². The molecule has 1 heterocycles. The Morgan fingerprint density at radius 1 is 1.35 bits per heavy atom. The lowest BCUT2D eigenvalue weighted by Gasteiger charge is -2.41. The van der Waals surface area contributed by atoms with Crippen LogP contribution in [0, 0.1) is 0 Å². The average Bonchev–Trinajstić information content (AvgIpc) is 3.09.